The van der Waals surface area contributed by atoms with Gasteiger partial charge in [-0.15, -0.1) is 0 Å². The summed E-state index contributed by atoms with van der Waals surface area (Å²) < 4.78 is 15.0. The molecule has 0 aliphatic carbocycles. The standard InChI is InChI=1S/C11H12BFN2O2/c1-8-2-3-14-15(8)7-9-4-10(12(16)17)6-11(13)5-9/h2-6,16-17H,7H2,1H3. The first-order chi connectivity index (χ1) is 8.06. The van der Waals surface area contributed by atoms with Gasteiger partial charge in [-0.3, -0.25) is 4.68 Å². The third-order valence-electron chi connectivity index (χ3n) is 2.54. The Morgan fingerprint density at radius 2 is 2.12 bits per heavy atom. The highest BCUT2D eigenvalue weighted by Gasteiger charge is 2.13. The first-order valence-corrected chi connectivity index (χ1v) is 5.20. The lowest BCUT2D eigenvalue weighted by molar-refractivity contribution is 0.425. The van der Waals surface area contributed by atoms with Crippen LogP contribution in [-0.2, 0) is 6.54 Å². The van der Waals surface area contributed by atoms with E-state index < -0.39 is 12.9 Å². The number of hydrogen-bond acceptors (Lipinski definition) is 3. The van der Waals surface area contributed by atoms with Gasteiger partial charge in [0, 0.05) is 11.9 Å². The normalized spacial score (nSPS) is 10.6. The van der Waals surface area contributed by atoms with Crippen LogP contribution in [0.4, 0.5) is 4.39 Å². The number of rotatable bonds is 3. The molecular formula is C11H12BFN2O2. The van der Waals surface area contributed by atoms with Gasteiger partial charge in [-0.05, 0) is 36.1 Å². The van der Waals surface area contributed by atoms with Gasteiger partial charge in [0.25, 0.3) is 0 Å². The van der Waals surface area contributed by atoms with Crippen molar-refractivity contribution in [3.63, 3.8) is 0 Å². The molecule has 4 nitrogen and oxygen atoms in total. The van der Waals surface area contributed by atoms with Crippen molar-refractivity contribution in [2.45, 2.75) is 13.5 Å². The lowest BCUT2D eigenvalue weighted by Crippen LogP contribution is -2.30. The van der Waals surface area contributed by atoms with Gasteiger partial charge in [0.2, 0.25) is 0 Å². The van der Waals surface area contributed by atoms with Crippen LogP contribution in [0.25, 0.3) is 0 Å². The first-order valence-electron chi connectivity index (χ1n) is 5.20. The van der Waals surface area contributed by atoms with E-state index in [9.17, 15) is 4.39 Å². The summed E-state index contributed by atoms with van der Waals surface area (Å²) in [5.74, 6) is -0.490. The van der Waals surface area contributed by atoms with Crippen LogP contribution in [0.15, 0.2) is 30.5 Å². The van der Waals surface area contributed by atoms with Gasteiger partial charge >= 0.3 is 7.12 Å². The van der Waals surface area contributed by atoms with E-state index in [-0.39, 0.29) is 5.46 Å². The second-order valence-electron chi connectivity index (χ2n) is 3.90. The molecule has 0 amide bonds. The molecule has 2 aromatic rings. The maximum atomic E-state index is 13.3. The van der Waals surface area contributed by atoms with Crippen LogP contribution in [0.3, 0.4) is 0 Å². The first kappa shape index (κ1) is 11.8. The van der Waals surface area contributed by atoms with Gasteiger partial charge in [0.1, 0.15) is 5.82 Å². The third kappa shape index (κ3) is 2.72. The number of aromatic nitrogens is 2. The average molecular weight is 234 g/mol. The molecule has 0 aliphatic heterocycles. The van der Waals surface area contributed by atoms with Gasteiger partial charge in [-0.2, -0.15) is 5.10 Å². The van der Waals surface area contributed by atoms with Crippen LogP contribution >= 0.6 is 0 Å². The fraction of sp³-hybridized carbons (Fsp3) is 0.182. The van der Waals surface area contributed by atoms with Crippen molar-refractivity contribution < 1.29 is 14.4 Å². The van der Waals surface area contributed by atoms with Crippen molar-refractivity contribution in [1.29, 1.82) is 0 Å². The van der Waals surface area contributed by atoms with Crippen molar-refractivity contribution in [1.82, 2.24) is 9.78 Å². The molecule has 6 heteroatoms. The van der Waals surface area contributed by atoms with E-state index in [1.54, 1.807) is 16.9 Å². The SMILES string of the molecule is Cc1ccnn1Cc1cc(F)cc(B(O)O)c1. The van der Waals surface area contributed by atoms with Crippen molar-refractivity contribution in [3.8, 4) is 0 Å². The lowest BCUT2D eigenvalue weighted by atomic mass is 9.79. The molecule has 1 aromatic heterocycles. The predicted molar refractivity (Wildman–Crippen MR) is 62.3 cm³/mol. The van der Waals surface area contributed by atoms with Crippen molar-refractivity contribution >= 4 is 12.6 Å². The highest BCUT2D eigenvalue weighted by atomic mass is 19.1. The lowest BCUT2D eigenvalue weighted by Gasteiger charge is -2.07. The summed E-state index contributed by atoms with van der Waals surface area (Å²) in [6, 6.07) is 5.85. The fourth-order valence-electron chi connectivity index (χ4n) is 1.65. The summed E-state index contributed by atoms with van der Waals surface area (Å²) in [4.78, 5) is 0. The van der Waals surface area contributed by atoms with E-state index in [0.29, 0.717) is 12.1 Å². The van der Waals surface area contributed by atoms with Crippen LogP contribution in [0.2, 0.25) is 0 Å². The number of benzene rings is 1. The molecule has 2 N–H and O–H groups in total. The summed E-state index contributed by atoms with van der Waals surface area (Å²) >= 11 is 0. The van der Waals surface area contributed by atoms with E-state index in [0.717, 1.165) is 11.8 Å². The average Bonchev–Trinajstić information content (AvgIpc) is 2.63. The molecule has 0 unspecified atom stereocenters. The molecule has 1 aromatic carbocycles. The zero-order chi connectivity index (χ0) is 12.4. The number of hydrogen-bond donors (Lipinski definition) is 2. The third-order valence-corrected chi connectivity index (χ3v) is 2.54. The Hall–Kier alpha value is -1.66. The van der Waals surface area contributed by atoms with Crippen LogP contribution in [0.1, 0.15) is 11.3 Å². The Bertz CT molecular complexity index is 528. The summed E-state index contributed by atoms with van der Waals surface area (Å²) in [7, 11) is -1.66. The van der Waals surface area contributed by atoms with Crippen LogP contribution in [-0.4, -0.2) is 26.9 Å². The molecule has 0 saturated heterocycles. The molecule has 0 spiro atoms. The molecule has 1 heterocycles. The molecule has 0 bridgehead atoms. The molecule has 88 valence electrons. The van der Waals surface area contributed by atoms with Gasteiger partial charge in [-0.1, -0.05) is 6.07 Å². The van der Waals surface area contributed by atoms with E-state index >= 15 is 0 Å². The summed E-state index contributed by atoms with van der Waals surface area (Å²) in [6.45, 7) is 2.30. The topological polar surface area (TPSA) is 58.3 Å². The van der Waals surface area contributed by atoms with Crippen molar-refractivity contribution in [2.75, 3.05) is 0 Å². The zero-order valence-electron chi connectivity index (χ0n) is 9.34. The second kappa shape index (κ2) is 4.69. The highest BCUT2D eigenvalue weighted by molar-refractivity contribution is 6.58. The zero-order valence-corrected chi connectivity index (χ0v) is 9.34. The molecule has 0 saturated carbocycles. The summed E-state index contributed by atoms with van der Waals surface area (Å²) in [6.07, 6.45) is 1.66. The van der Waals surface area contributed by atoms with E-state index in [1.165, 1.54) is 6.07 Å². The fourth-order valence-corrected chi connectivity index (χ4v) is 1.65. The molecule has 17 heavy (non-hydrogen) atoms. The van der Waals surface area contributed by atoms with E-state index in [4.69, 9.17) is 10.0 Å². The number of aryl methyl sites for hydroxylation is 1. The smallest absolute Gasteiger partial charge is 0.423 e. The minimum absolute atomic E-state index is 0.143. The Morgan fingerprint density at radius 3 is 2.71 bits per heavy atom. The van der Waals surface area contributed by atoms with Gasteiger partial charge in [0.15, 0.2) is 0 Å². The quantitative estimate of drug-likeness (QED) is 0.738. The molecule has 2 rings (SSSR count). The monoisotopic (exact) mass is 234 g/mol. The molecule has 0 aliphatic rings. The van der Waals surface area contributed by atoms with Gasteiger partial charge < -0.3 is 10.0 Å². The maximum Gasteiger partial charge on any atom is 0.488 e. The summed E-state index contributed by atoms with van der Waals surface area (Å²) in [5, 5.41) is 22.1. The highest BCUT2D eigenvalue weighted by Crippen LogP contribution is 2.06. The Balaban J connectivity index is 2.30. The minimum Gasteiger partial charge on any atom is -0.423 e. The molecule has 0 atom stereocenters. The number of nitrogens with zero attached hydrogens (tertiary/aromatic N) is 2. The molecule has 0 fully saturated rings. The summed E-state index contributed by atoms with van der Waals surface area (Å²) in [5.41, 5.74) is 1.74. The Labute approximate surface area is 98.5 Å². The number of halogens is 1. The van der Waals surface area contributed by atoms with Crippen molar-refractivity contribution in [2.24, 2.45) is 0 Å². The largest absolute Gasteiger partial charge is 0.488 e. The molecular weight excluding hydrogens is 222 g/mol. The Morgan fingerprint density at radius 1 is 1.35 bits per heavy atom. The van der Waals surface area contributed by atoms with Crippen molar-refractivity contribution in [3.05, 3.63) is 47.5 Å². The van der Waals surface area contributed by atoms with Crippen LogP contribution in [0.5, 0.6) is 0 Å². The Kier molecular flexibility index (Phi) is 3.26. The van der Waals surface area contributed by atoms with Crippen LogP contribution < -0.4 is 5.46 Å². The molecule has 0 radical (unpaired) electrons. The van der Waals surface area contributed by atoms with Gasteiger partial charge in [0.05, 0.1) is 6.54 Å². The maximum absolute atomic E-state index is 13.3. The predicted octanol–water partition coefficient (Wildman–Crippen LogP) is 0.0587. The second-order valence-corrected chi connectivity index (χ2v) is 3.90. The van der Waals surface area contributed by atoms with E-state index in [1.807, 2.05) is 13.0 Å². The van der Waals surface area contributed by atoms with Gasteiger partial charge in [-0.25, -0.2) is 4.39 Å². The van der Waals surface area contributed by atoms with E-state index in [2.05, 4.69) is 5.10 Å². The van der Waals surface area contributed by atoms with Crippen LogP contribution in [0, 0.1) is 12.7 Å². The minimum atomic E-state index is -1.66.